The molecule has 3 rings (SSSR count). The average molecular weight is 365 g/mol. The number of morpholine rings is 1. The molecule has 0 aliphatic carbocycles. The van der Waals surface area contributed by atoms with E-state index in [0.717, 1.165) is 12.2 Å². The van der Waals surface area contributed by atoms with Crippen LogP contribution in [0.4, 0.5) is 5.69 Å². The first-order valence-corrected chi connectivity index (χ1v) is 8.32. The quantitative estimate of drug-likeness (QED) is 0.661. The highest BCUT2D eigenvalue weighted by molar-refractivity contribution is 7.80. The van der Waals surface area contributed by atoms with Crippen LogP contribution in [0, 0.1) is 0 Å². The Bertz CT molecular complexity index is 689. The van der Waals surface area contributed by atoms with E-state index >= 15 is 0 Å². The summed E-state index contributed by atoms with van der Waals surface area (Å²) < 4.78 is 11.4. The van der Waals surface area contributed by atoms with Crippen molar-refractivity contribution in [2.75, 3.05) is 31.6 Å². The molecule has 1 N–H and O–H groups in total. The molecule has 0 saturated carbocycles. The smallest absolute Gasteiger partial charge is 0.173 e. The van der Waals surface area contributed by atoms with Gasteiger partial charge < -0.3 is 19.7 Å². The lowest BCUT2D eigenvalue weighted by atomic mass is 10.3. The molecule has 1 atom stereocenters. The van der Waals surface area contributed by atoms with Crippen molar-refractivity contribution in [2.45, 2.75) is 6.10 Å². The topological polar surface area (TPSA) is 59.5 Å². The maximum absolute atomic E-state index is 5.99. The Labute approximate surface area is 150 Å². The third-order valence-electron chi connectivity index (χ3n) is 3.49. The largest absolute Gasteiger partial charge is 0.488 e. The van der Waals surface area contributed by atoms with E-state index in [1.807, 2.05) is 12.1 Å². The van der Waals surface area contributed by atoms with E-state index in [1.165, 1.54) is 0 Å². The van der Waals surface area contributed by atoms with Gasteiger partial charge in [0.15, 0.2) is 16.0 Å². The van der Waals surface area contributed by atoms with E-state index < -0.39 is 0 Å². The van der Waals surface area contributed by atoms with E-state index in [9.17, 15) is 0 Å². The molecule has 6 nitrogen and oxygen atoms in total. The van der Waals surface area contributed by atoms with Gasteiger partial charge in [-0.05, 0) is 36.5 Å². The molecule has 2 aromatic rings. The molecular formula is C16H17ClN4O2S. The average Bonchev–Trinajstić information content (AvgIpc) is 2.62. The van der Waals surface area contributed by atoms with E-state index in [-0.39, 0.29) is 6.10 Å². The number of hydrogen-bond donors (Lipinski definition) is 1. The van der Waals surface area contributed by atoms with Crippen molar-refractivity contribution in [3.8, 4) is 5.75 Å². The lowest BCUT2D eigenvalue weighted by Gasteiger charge is -2.34. The summed E-state index contributed by atoms with van der Waals surface area (Å²) in [5, 5.41) is 4.18. The highest BCUT2D eigenvalue weighted by atomic mass is 35.5. The highest BCUT2D eigenvalue weighted by Crippen LogP contribution is 2.21. The molecule has 0 radical (unpaired) electrons. The second-order valence-electron chi connectivity index (χ2n) is 5.21. The summed E-state index contributed by atoms with van der Waals surface area (Å²) in [4.78, 5) is 10.1. The molecular weight excluding hydrogens is 348 g/mol. The van der Waals surface area contributed by atoms with Gasteiger partial charge in [-0.25, -0.2) is 4.98 Å². The molecule has 1 aliphatic heterocycles. The molecule has 0 aromatic carbocycles. The second-order valence-corrected chi connectivity index (χ2v) is 5.96. The van der Waals surface area contributed by atoms with Crippen molar-refractivity contribution in [3.05, 3.63) is 48.0 Å². The van der Waals surface area contributed by atoms with Gasteiger partial charge >= 0.3 is 0 Å². The van der Waals surface area contributed by atoms with Crippen molar-refractivity contribution in [2.24, 2.45) is 0 Å². The number of halogens is 1. The molecule has 0 spiro atoms. The summed E-state index contributed by atoms with van der Waals surface area (Å²) in [5.74, 6) is 0.552. The Morgan fingerprint density at radius 2 is 2.29 bits per heavy atom. The van der Waals surface area contributed by atoms with E-state index in [4.69, 9.17) is 33.3 Å². The molecule has 1 aliphatic rings. The molecule has 0 bridgehead atoms. The van der Waals surface area contributed by atoms with Crippen LogP contribution in [0.3, 0.4) is 0 Å². The molecule has 1 fully saturated rings. The number of nitrogens with zero attached hydrogens (tertiary/aromatic N) is 3. The molecule has 2 aromatic heterocycles. The minimum Gasteiger partial charge on any atom is -0.488 e. The van der Waals surface area contributed by atoms with Crippen LogP contribution in [0.1, 0.15) is 0 Å². The van der Waals surface area contributed by atoms with Gasteiger partial charge in [0, 0.05) is 25.5 Å². The first kappa shape index (κ1) is 16.9. The number of pyridine rings is 2. The van der Waals surface area contributed by atoms with Gasteiger partial charge in [-0.15, -0.1) is 0 Å². The second kappa shape index (κ2) is 8.23. The zero-order valence-corrected chi connectivity index (χ0v) is 14.5. The van der Waals surface area contributed by atoms with Gasteiger partial charge in [-0.3, -0.25) is 4.98 Å². The first-order valence-electron chi connectivity index (χ1n) is 7.53. The lowest BCUT2D eigenvalue weighted by molar-refractivity contribution is -0.0280. The minimum absolute atomic E-state index is 0.0938. The van der Waals surface area contributed by atoms with E-state index in [2.05, 4.69) is 20.2 Å². The van der Waals surface area contributed by atoms with Gasteiger partial charge in [-0.1, -0.05) is 11.6 Å². The van der Waals surface area contributed by atoms with E-state index in [1.54, 1.807) is 30.7 Å². The molecule has 126 valence electrons. The van der Waals surface area contributed by atoms with Crippen molar-refractivity contribution in [1.82, 2.24) is 14.9 Å². The Morgan fingerprint density at radius 3 is 3.08 bits per heavy atom. The monoisotopic (exact) mass is 364 g/mol. The Morgan fingerprint density at radius 1 is 1.42 bits per heavy atom. The number of anilines is 1. The summed E-state index contributed by atoms with van der Waals surface area (Å²) in [6, 6.07) is 7.34. The predicted octanol–water partition coefficient (Wildman–Crippen LogP) is 2.61. The van der Waals surface area contributed by atoms with Gasteiger partial charge in [0.05, 0.1) is 18.5 Å². The predicted molar refractivity (Wildman–Crippen MR) is 96.5 cm³/mol. The molecule has 0 amide bonds. The van der Waals surface area contributed by atoms with Gasteiger partial charge in [0.1, 0.15) is 12.7 Å². The number of hydrogen-bond acceptors (Lipinski definition) is 5. The van der Waals surface area contributed by atoms with Crippen molar-refractivity contribution < 1.29 is 9.47 Å². The number of thiocarbonyl (C=S) groups is 1. The van der Waals surface area contributed by atoms with Crippen LogP contribution in [-0.2, 0) is 4.74 Å². The number of nitrogens with one attached hydrogen (secondary N) is 1. The molecule has 3 heterocycles. The van der Waals surface area contributed by atoms with Crippen LogP contribution in [0.15, 0.2) is 42.9 Å². The van der Waals surface area contributed by atoms with Crippen LogP contribution in [-0.4, -0.2) is 52.4 Å². The maximum atomic E-state index is 5.99. The van der Waals surface area contributed by atoms with Crippen molar-refractivity contribution >= 4 is 34.6 Å². The number of rotatable bonds is 4. The van der Waals surface area contributed by atoms with E-state index in [0.29, 0.717) is 35.8 Å². The maximum Gasteiger partial charge on any atom is 0.173 e. The Kier molecular flexibility index (Phi) is 5.79. The lowest BCUT2D eigenvalue weighted by Crippen LogP contribution is -2.49. The molecule has 1 saturated heterocycles. The van der Waals surface area contributed by atoms with Crippen molar-refractivity contribution in [1.29, 1.82) is 0 Å². The summed E-state index contributed by atoms with van der Waals surface area (Å²) in [5.41, 5.74) is 0.865. The summed E-state index contributed by atoms with van der Waals surface area (Å²) in [6.45, 7) is 2.35. The third kappa shape index (κ3) is 4.53. The van der Waals surface area contributed by atoms with Crippen LogP contribution < -0.4 is 10.1 Å². The SMILES string of the molecule is S=C(Nc1cccnc1)N1CCOC(COc2cccnc2Cl)C1. The zero-order valence-electron chi connectivity index (χ0n) is 12.9. The van der Waals surface area contributed by atoms with Gasteiger partial charge in [-0.2, -0.15) is 0 Å². The molecule has 8 heteroatoms. The fourth-order valence-electron chi connectivity index (χ4n) is 2.31. The molecule has 1 unspecified atom stereocenters. The number of ether oxygens (including phenoxy) is 2. The Balaban J connectivity index is 1.52. The van der Waals surface area contributed by atoms with Crippen molar-refractivity contribution in [3.63, 3.8) is 0 Å². The van der Waals surface area contributed by atoms with Crippen LogP contribution in [0.2, 0.25) is 5.15 Å². The van der Waals surface area contributed by atoms with Crippen LogP contribution >= 0.6 is 23.8 Å². The minimum atomic E-state index is -0.0938. The Hall–Kier alpha value is -1.96. The molecule has 24 heavy (non-hydrogen) atoms. The summed E-state index contributed by atoms with van der Waals surface area (Å²) in [7, 11) is 0. The zero-order chi connectivity index (χ0) is 16.8. The highest BCUT2D eigenvalue weighted by Gasteiger charge is 2.23. The fraction of sp³-hybridized carbons (Fsp3) is 0.312. The van der Waals surface area contributed by atoms with Gasteiger partial charge in [0.2, 0.25) is 0 Å². The van der Waals surface area contributed by atoms with Crippen LogP contribution in [0.5, 0.6) is 5.75 Å². The first-order chi connectivity index (χ1) is 11.7. The normalized spacial score (nSPS) is 17.4. The summed E-state index contributed by atoms with van der Waals surface area (Å²) in [6.07, 6.45) is 4.98. The standard InChI is InChI=1S/C16H17ClN4O2S/c17-15-14(4-2-6-19-15)23-11-13-10-21(7-8-22-13)16(24)20-12-3-1-5-18-9-12/h1-6,9,13H,7-8,10-11H2,(H,20,24). The summed E-state index contributed by atoms with van der Waals surface area (Å²) >= 11 is 11.5. The fourth-order valence-corrected chi connectivity index (χ4v) is 2.76. The van der Waals surface area contributed by atoms with Crippen LogP contribution in [0.25, 0.3) is 0 Å². The number of aromatic nitrogens is 2. The van der Waals surface area contributed by atoms with Gasteiger partial charge in [0.25, 0.3) is 0 Å². The third-order valence-corrected chi connectivity index (χ3v) is 4.13.